The predicted octanol–water partition coefficient (Wildman–Crippen LogP) is 2.86. The van der Waals surface area contributed by atoms with Gasteiger partial charge in [0, 0.05) is 12.7 Å². The summed E-state index contributed by atoms with van der Waals surface area (Å²) in [7, 11) is 0. The molecule has 0 saturated carbocycles. The summed E-state index contributed by atoms with van der Waals surface area (Å²) in [6.45, 7) is 6.60. The van der Waals surface area contributed by atoms with Crippen LogP contribution in [0.5, 0.6) is 11.5 Å². The highest BCUT2D eigenvalue weighted by molar-refractivity contribution is 5.55. The second-order valence-electron chi connectivity index (χ2n) is 3.95. The number of anilines is 1. The molecule has 0 aliphatic rings. The van der Waals surface area contributed by atoms with Gasteiger partial charge < -0.3 is 19.9 Å². The van der Waals surface area contributed by atoms with Gasteiger partial charge in [-0.1, -0.05) is 13.3 Å². The lowest BCUT2D eigenvalue weighted by molar-refractivity contribution is 0.0979. The molecule has 18 heavy (non-hydrogen) atoms. The summed E-state index contributed by atoms with van der Waals surface area (Å²) in [6, 6.07) is 5.44. The van der Waals surface area contributed by atoms with Crippen molar-refractivity contribution in [2.75, 3.05) is 32.2 Å². The number of unbranched alkanes of at least 4 members (excludes halogenated alkanes) is 1. The Hall–Kier alpha value is -1.42. The first-order chi connectivity index (χ1) is 8.77. The highest BCUT2D eigenvalue weighted by atomic mass is 16.5. The Morgan fingerprint density at radius 2 is 1.89 bits per heavy atom. The third kappa shape index (κ3) is 5.27. The van der Waals surface area contributed by atoms with Gasteiger partial charge in [-0.05, 0) is 25.5 Å². The van der Waals surface area contributed by atoms with E-state index in [1.165, 1.54) is 0 Å². The maximum absolute atomic E-state index is 5.78. The van der Waals surface area contributed by atoms with Crippen LogP contribution in [0.25, 0.3) is 0 Å². The topological polar surface area (TPSA) is 53.7 Å². The van der Waals surface area contributed by atoms with E-state index in [0.717, 1.165) is 25.2 Å². The minimum absolute atomic E-state index is 0.541. The molecule has 0 aromatic heterocycles. The van der Waals surface area contributed by atoms with Crippen molar-refractivity contribution in [2.45, 2.75) is 26.7 Å². The predicted molar refractivity (Wildman–Crippen MR) is 73.2 cm³/mol. The Morgan fingerprint density at radius 3 is 2.61 bits per heavy atom. The lowest BCUT2D eigenvalue weighted by Crippen LogP contribution is -2.07. The van der Waals surface area contributed by atoms with Crippen molar-refractivity contribution in [2.24, 2.45) is 0 Å². The molecule has 0 atom stereocenters. The minimum Gasteiger partial charge on any atom is -0.492 e. The highest BCUT2D eigenvalue weighted by Crippen LogP contribution is 2.26. The fourth-order valence-electron chi connectivity index (χ4n) is 1.45. The van der Waals surface area contributed by atoms with E-state index in [2.05, 4.69) is 6.92 Å². The zero-order chi connectivity index (χ0) is 13.2. The lowest BCUT2D eigenvalue weighted by atomic mass is 10.3. The van der Waals surface area contributed by atoms with Gasteiger partial charge in [-0.15, -0.1) is 0 Å². The molecule has 1 aromatic carbocycles. The van der Waals surface area contributed by atoms with Crippen LogP contribution in [-0.4, -0.2) is 26.4 Å². The van der Waals surface area contributed by atoms with Crippen LogP contribution in [0.1, 0.15) is 26.7 Å². The maximum Gasteiger partial charge on any atom is 0.145 e. The van der Waals surface area contributed by atoms with Crippen LogP contribution >= 0.6 is 0 Å². The van der Waals surface area contributed by atoms with Gasteiger partial charge in [0.05, 0.1) is 18.9 Å². The van der Waals surface area contributed by atoms with Crippen molar-refractivity contribution in [3.05, 3.63) is 18.2 Å². The number of benzene rings is 1. The standard InChI is InChI=1S/C14H23NO3/c1-3-5-8-16-9-10-18-12-6-7-13(15)14(11-12)17-4-2/h6-7,11H,3-5,8-10,15H2,1-2H3. The van der Waals surface area contributed by atoms with Crippen molar-refractivity contribution in [1.82, 2.24) is 0 Å². The van der Waals surface area contributed by atoms with Gasteiger partial charge in [0.1, 0.15) is 18.1 Å². The molecule has 0 spiro atoms. The first-order valence-electron chi connectivity index (χ1n) is 6.50. The van der Waals surface area contributed by atoms with E-state index < -0.39 is 0 Å². The molecule has 0 amide bonds. The van der Waals surface area contributed by atoms with Crippen LogP contribution in [0.3, 0.4) is 0 Å². The SMILES string of the molecule is CCCCOCCOc1ccc(N)c(OCC)c1. The Morgan fingerprint density at radius 1 is 1.06 bits per heavy atom. The zero-order valence-corrected chi connectivity index (χ0v) is 11.3. The fraction of sp³-hybridized carbons (Fsp3) is 0.571. The monoisotopic (exact) mass is 253 g/mol. The van der Waals surface area contributed by atoms with Gasteiger partial charge in [-0.2, -0.15) is 0 Å². The van der Waals surface area contributed by atoms with Crippen molar-refractivity contribution in [1.29, 1.82) is 0 Å². The largest absolute Gasteiger partial charge is 0.492 e. The molecule has 1 rings (SSSR count). The molecule has 0 unspecified atom stereocenters. The molecule has 0 bridgehead atoms. The third-order valence-corrected chi connectivity index (χ3v) is 2.42. The third-order valence-electron chi connectivity index (χ3n) is 2.42. The molecule has 0 saturated heterocycles. The van der Waals surface area contributed by atoms with Gasteiger partial charge >= 0.3 is 0 Å². The number of nitrogen functional groups attached to an aromatic ring is 1. The van der Waals surface area contributed by atoms with E-state index in [4.69, 9.17) is 19.9 Å². The fourth-order valence-corrected chi connectivity index (χ4v) is 1.45. The van der Waals surface area contributed by atoms with E-state index in [9.17, 15) is 0 Å². The maximum atomic E-state index is 5.78. The number of hydrogen-bond acceptors (Lipinski definition) is 4. The highest BCUT2D eigenvalue weighted by Gasteiger charge is 2.02. The smallest absolute Gasteiger partial charge is 0.145 e. The molecule has 0 aliphatic heterocycles. The average molecular weight is 253 g/mol. The average Bonchev–Trinajstić information content (AvgIpc) is 2.37. The molecule has 2 N–H and O–H groups in total. The molecule has 0 heterocycles. The van der Waals surface area contributed by atoms with Crippen molar-refractivity contribution >= 4 is 5.69 Å². The van der Waals surface area contributed by atoms with Gasteiger partial charge in [0.2, 0.25) is 0 Å². The molecule has 0 aliphatic carbocycles. The van der Waals surface area contributed by atoms with Crippen LogP contribution < -0.4 is 15.2 Å². The normalized spacial score (nSPS) is 10.3. The summed E-state index contributed by atoms with van der Waals surface area (Å²) in [5.41, 5.74) is 6.41. The number of rotatable bonds is 9. The van der Waals surface area contributed by atoms with Gasteiger partial charge in [-0.25, -0.2) is 0 Å². The second-order valence-corrected chi connectivity index (χ2v) is 3.95. The minimum atomic E-state index is 0.541. The molecule has 4 nitrogen and oxygen atoms in total. The first kappa shape index (κ1) is 14.6. The summed E-state index contributed by atoms with van der Waals surface area (Å²) in [5, 5.41) is 0. The van der Waals surface area contributed by atoms with E-state index in [0.29, 0.717) is 31.3 Å². The number of ether oxygens (including phenoxy) is 3. The lowest BCUT2D eigenvalue weighted by Gasteiger charge is -2.10. The number of hydrogen-bond donors (Lipinski definition) is 1. The Bertz CT molecular complexity index is 342. The molecule has 102 valence electrons. The molecular formula is C14H23NO3. The Balaban J connectivity index is 2.31. The van der Waals surface area contributed by atoms with Gasteiger partial charge in [0.25, 0.3) is 0 Å². The van der Waals surface area contributed by atoms with Crippen LogP contribution in [-0.2, 0) is 4.74 Å². The first-order valence-corrected chi connectivity index (χ1v) is 6.50. The molecule has 0 radical (unpaired) electrons. The molecule has 4 heteroatoms. The summed E-state index contributed by atoms with van der Waals surface area (Å²) in [6.07, 6.45) is 2.24. The zero-order valence-electron chi connectivity index (χ0n) is 11.3. The second kappa shape index (κ2) is 8.64. The summed E-state index contributed by atoms with van der Waals surface area (Å²) < 4.78 is 16.4. The number of nitrogens with two attached hydrogens (primary N) is 1. The van der Waals surface area contributed by atoms with E-state index in [-0.39, 0.29) is 0 Å². The van der Waals surface area contributed by atoms with Gasteiger partial charge in [0.15, 0.2) is 0 Å². The van der Waals surface area contributed by atoms with Gasteiger partial charge in [-0.3, -0.25) is 0 Å². The van der Waals surface area contributed by atoms with E-state index in [1.807, 2.05) is 19.1 Å². The summed E-state index contributed by atoms with van der Waals surface area (Å²) >= 11 is 0. The van der Waals surface area contributed by atoms with Crippen LogP contribution in [0.4, 0.5) is 5.69 Å². The summed E-state index contributed by atoms with van der Waals surface area (Å²) in [4.78, 5) is 0. The quantitative estimate of drug-likeness (QED) is 0.543. The van der Waals surface area contributed by atoms with Crippen molar-refractivity contribution in [3.63, 3.8) is 0 Å². The Labute approximate surface area is 109 Å². The van der Waals surface area contributed by atoms with Crippen LogP contribution in [0, 0.1) is 0 Å². The molecule has 0 fully saturated rings. The van der Waals surface area contributed by atoms with Crippen molar-refractivity contribution in [3.8, 4) is 11.5 Å². The molecular weight excluding hydrogens is 230 g/mol. The van der Waals surface area contributed by atoms with Crippen LogP contribution in [0.2, 0.25) is 0 Å². The molecule has 1 aromatic rings. The van der Waals surface area contributed by atoms with E-state index in [1.54, 1.807) is 6.07 Å². The van der Waals surface area contributed by atoms with E-state index >= 15 is 0 Å². The Kier molecular flexibility index (Phi) is 7.03. The van der Waals surface area contributed by atoms with Crippen molar-refractivity contribution < 1.29 is 14.2 Å². The summed E-state index contributed by atoms with van der Waals surface area (Å²) in [5.74, 6) is 1.42. The van der Waals surface area contributed by atoms with Crippen LogP contribution in [0.15, 0.2) is 18.2 Å².